The number of hydrogen-bond acceptors (Lipinski definition) is 7. The number of carbonyl (C=O) groups is 3. The number of hydrogen-bond donors (Lipinski definition) is 3. The van der Waals surface area contributed by atoms with Gasteiger partial charge in [-0.2, -0.15) is 13.2 Å². The summed E-state index contributed by atoms with van der Waals surface area (Å²) >= 11 is 0. The molecule has 0 aliphatic heterocycles. The van der Waals surface area contributed by atoms with Gasteiger partial charge in [-0.1, -0.05) is 12.1 Å². The monoisotopic (exact) mass is 532 g/mol. The molecule has 0 aliphatic rings. The van der Waals surface area contributed by atoms with Gasteiger partial charge in [-0.15, -0.1) is 0 Å². The number of benzene rings is 2. The molecule has 0 saturated carbocycles. The van der Waals surface area contributed by atoms with E-state index in [2.05, 4.69) is 25.7 Å². The SMILES string of the molecule is CNC(=O)c1cc(Oc2ccc(CNC(=O)Nc3cc(C(F)(F)F)ccc3OCC(=O)OC)cc2)ccn1. The molecule has 13 heteroatoms. The van der Waals surface area contributed by atoms with Crippen molar-refractivity contribution in [2.75, 3.05) is 26.1 Å². The standard InChI is InChI=1S/C25H23F3N4O6/c1-29-23(34)20-12-18(9-10-30-20)38-17-6-3-15(4-7-17)13-31-24(35)32-19-11-16(25(26,27)28)5-8-21(19)37-14-22(33)36-2/h3-12H,13-14H2,1-2H3,(H,29,34)(H2,31,32,35). The van der Waals surface area contributed by atoms with Crippen molar-refractivity contribution in [2.24, 2.45) is 0 Å². The number of nitrogens with one attached hydrogen (secondary N) is 3. The number of ether oxygens (including phenoxy) is 3. The highest BCUT2D eigenvalue weighted by Gasteiger charge is 2.31. The molecule has 10 nitrogen and oxygen atoms in total. The fourth-order valence-corrected chi connectivity index (χ4v) is 3.01. The molecule has 3 rings (SSSR count). The molecule has 38 heavy (non-hydrogen) atoms. The molecule has 0 saturated heterocycles. The number of amides is 3. The van der Waals surface area contributed by atoms with Gasteiger partial charge in [0.2, 0.25) is 0 Å². The Kier molecular flexibility index (Phi) is 9.09. The van der Waals surface area contributed by atoms with E-state index in [0.29, 0.717) is 23.1 Å². The normalized spacial score (nSPS) is 10.8. The topological polar surface area (TPSA) is 128 Å². The number of alkyl halides is 3. The second-order valence-corrected chi connectivity index (χ2v) is 7.58. The summed E-state index contributed by atoms with van der Waals surface area (Å²) in [6.07, 6.45) is -3.22. The van der Waals surface area contributed by atoms with E-state index >= 15 is 0 Å². The highest BCUT2D eigenvalue weighted by Crippen LogP contribution is 2.35. The Morgan fingerprint density at radius 3 is 2.37 bits per heavy atom. The van der Waals surface area contributed by atoms with E-state index in [0.717, 1.165) is 19.2 Å². The van der Waals surface area contributed by atoms with Crippen molar-refractivity contribution in [1.82, 2.24) is 15.6 Å². The molecule has 0 atom stereocenters. The third-order valence-corrected chi connectivity index (χ3v) is 4.93. The number of rotatable bonds is 9. The van der Waals surface area contributed by atoms with Crippen LogP contribution in [0.2, 0.25) is 0 Å². The predicted octanol–water partition coefficient (Wildman–Crippen LogP) is 4.13. The first-order chi connectivity index (χ1) is 18.1. The first-order valence-corrected chi connectivity index (χ1v) is 11.0. The van der Waals surface area contributed by atoms with Gasteiger partial charge in [0.25, 0.3) is 5.91 Å². The average molecular weight is 532 g/mol. The summed E-state index contributed by atoms with van der Waals surface area (Å²) in [5.74, 6) is -0.388. The quantitative estimate of drug-likeness (QED) is 0.354. The zero-order valence-corrected chi connectivity index (χ0v) is 20.2. The summed E-state index contributed by atoms with van der Waals surface area (Å²) in [6.45, 7) is -0.515. The maximum absolute atomic E-state index is 13.1. The summed E-state index contributed by atoms with van der Waals surface area (Å²) in [5, 5.41) is 7.31. The van der Waals surface area contributed by atoms with E-state index in [1.807, 2.05) is 0 Å². The molecule has 1 aromatic heterocycles. The largest absolute Gasteiger partial charge is 0.480 e. The van der Waals surface area contributed by atoms with Gasteiger partial charge >= 0.3 is 18.2 Å². The molecule has 3 aromatic rings. The fourth-order valence-electron chi connectivity index (χ4n) is 3.01. The summed E-state index contributed by atoms with van der Waals surface area (Å²) in [4.78, 5) is 39.4. The molecule has 1 heterocycles. The number of halogens is 3. The second-order valence-electron chi connectivity index (χ2n) is 7.58. The maximum Gasteiger partial charge on any atom is 0.416 e. The number of carbonyl (C=O) groups excluding carboxylic acids is 3. The van der Waals surface area contributed by atoms with Crippen LogP contribution in [-0.4, -0.2) is 43.7 Å². The number of pyridine rings is 1. The van der Waals surface area contributed by atoms with Gasteiger partial charge < -0.3 is 30.2 Å². The molecule has 2 aromatic carbocycles. The van der Waals surface area contributed by atoms with Gasteiger partial charge in [0.1, 0.15) is 22.9 Å². The number of aromatic nitrogens is 1. The summed E-state index contributed by atoms with van der Waals surface area (Å²) in [7, 11) is 2.62. The van der Waals surface area contributed by atoms with Crippen molar-refractivity contribution in [2.45, 2.75) is 12.7 Å². The predicted molar refractivity (Wildman–Crippen MR) is 129 cm³/mol. The lowest BCUT2D eigenvalue weighted by atomic mass is 10.1. The number of urea groups is 1. The Labute approximate surface area is 215 Å². The van der Waals surface area contributed by atoms with Crippen molar-refractivity contribution < 1.29 is 41.8 Å². The van der Waals surface area contributed by atoms with Crippen LogP contribution in [0, 0.1) is 0 Å². The number of methoxy groups -OCH3 is 1. The van der Waals surface area contributed by atoms with Gasteiger partial charge in [-0.3, -0.25) is 9.78 Å². The fraction of sp³-hybridized carbons (Fsp3) is 0.200. The van der Waals surface area contributed by atoms with Crippen molar-refractivity contribution >= 4 is 23.6 Å². The first kappa shape index (κ1) is 27.8. The van der Waals surface area contributed by atoms with Crippen LogP contribution in [0.3, 0.4) is 0 Å². The molecule has 0 unspecified atom stereocenters. The second kappa shape index (κ2) is 12.4. The van der Waals surface area contributed by atoms with Crippen LogP contribution >= 0.6 is 0 Å². The van der Waals surface area contributed by atoms with E-state index in [1.165, 1.54) is 19.3 Å². The molecular weight excluding hydrogens is 509 g/mol. The van der Waals surface area contributed by atoms with Crippen LogP contribution in [0.4, 0.5) is 23.7 Å². The lowest BCUT2D eigenvalue weighted by Crippen LogP contribution is -2.28. The zero-order valence-electron chi connectivity index (χ0n) is 20.2. The Morgan fingerprint density at radius 1 is 0.974 bits per heavy atom. The van der Waals surface area contributed by atoms with E-state index in [1.54, 1.807) is 30.3 Å². The smallest absolute Gasteiger partial charge is 0.416 e. The molecule has 3 N–H and O–H groups in total. The third-order valence-electron chi connectivity index (χ3n) is 4.93. The van der Waals surface area contributed by atoms with Crippen LogP contribution in [0.25, 0.3) is 0 Å². The minimum Gasteiger partial charge on any atom is -0.480 e. The Balaban J connectivity index is 1.62. The molecule has 0 aliphatic carbocycles. The molecule has 0 spiro atoms. The van der Waals surface area contributed by atoms with Crippen LogP contribution in [-0.2, 0) is 22.3 Å². The molecule has 0 bridgehead atoms. The number of esters is 1. The van der Waals surface area contributed by atoms with Crippen LogP contribution in [0.5, 0.6) is 17.2 Å². The van der Waals surface area contributed by atoms with Gasteiger partial charge in [-0.05, 0) is 42.0 Å². The van der Waals surface area contributed by atoms with Gasteiger partial charge in [0, 0.05) is 25.9 Å². The van der Waals surface area contributed by atoms with E-state index in [-0.39, 0.29) is 29.6 Å². The highest BCUT2D eigenvalue weighted by molar-refractivity contribution is 5.92. The van der Waals surface area contributed by atoms with Gasteiger partial charge in [0.05, 0.1) is 18.4 Å². The Hall–Kier alpha value is -4.81. The summed E-state index contributed by atoms with van der Waals surface area (Å²) in [5.41, 5.74) is -0.431. The van der Waals surface area contributed by atoms with Gasteiger partial charge in [0.15, 0.2) is 6.61 Å². The number of nitrogens with zero attached hydrogens (tertiary/aromatic N) is 1. The van der Waals surface area contributed by atoms with Crippen molar-refractivity contribution in [3.63, 3.8) is 0 Å². The zero-order chi connectivity index (χ0) is 27.7. The molecule has 0 fully saturated rings. The average Bonchev–Trinajstić information content (AvgIpc) is 2.90. The van der Waals surface area contributed by atoms with E-state index in [4.69, 9.17) is 9.47 Å². The minimum atomic E-state index is -4.65. The molecule has 200 valence electrons. The number of anilines is 1. The lowest BCUT2D eigenvalue weighted by Gasteiger charge is -2.15. The Morgan fingerprint density at radius 2 is 1.71 bits per heavy atom. The van der Waals surface area contributed by atoms with Gasteiger partial charge in [-0.25, -0.2) is 9.59 Å². The highest BCUT2D eigenvalue weighted by atomic mass is 19.4. The van der Waals surface area contributed by atoms with E-state index < -0.39 is 30.3 Å². The third kappa shape index (κ3) is 7.85. The van der Waals surface area contributed by atoms with Crippen LogP contribution < -0.4 is 25.4 Å². The molecular formula is C25H23F3N4O6. The van der Waals surface area contributed by atoms with E-state index in [9.17, 15) is 27.6 Å². The van der Waals surface area contributed by atoms with Crippen LogP contribution in [0.1, 0.15) is 21.6 Å². The Bertz CT molecular complexity index is 1300. The van der Waals surface area contributed by atoms with Crippen molar-refractivity contribution in [3.8, 4) is 17.2 Å². The molecule has 3 amide bonds. The van der Waals surface area contributed by atoms with Crippen molar-refractivity contribution in [3.05, 3.63) is 77.6 Å². The summed E-state index contributed by atoms with van der Waals surface area (Å²) in [6, 6.07) is 11.4. The van der Waals surface area contributed by atoms with Crippen molar-refractivity contribution in [1.29, 1.82) is 0 Å². The van der Waals surface area contributed by atoms with Crippen LogP contribution in [0.15, 0.2) is 60.8 Å². The summed E-state index contributed by atoms with van der Waals surface area (Å²) < 4.78 is 54.8. The lowest BCUT2D eigenvalue weighted by molar-refractivity contribution is -0.143. The first-order valence-electron chi connectivity index (χ1n) is 11.0. The molecule has 0 radical (unpaired) electrons. The minimum absolute atomic E-state index is 0.0412. The maximum atomic E-state index is 13.1.